The highest BCUT2D eigenvalue weighted by Crippen LogP contribution is 2.23. The zero-order valence-electron chi connectivity index (χ0n) is 15.8. The summed E-state index contributed by atoms with van der Waals surface area (Å²) in [4.78, 5) is 12.6. The van der Waals surface area contributed by atoms with E-state index in [2.05, 4.69) is 10.0 Å². The molecule has 2 aromatic carbocycles. The monoisotopic (exact) mass is 404 g/mol. The van der Waals surface area contributed by atoms with Gasteiger partial charge in [0, 0.05) is 18.4 Å². The molecule has 28 heavy (non-hydrogen) atoms. The molecule has 0 heterocycles. The summed E-state index contributed by atoms with van der Waals surface area (Å²) in [5.41, 5.74) is 0.698. The van der Waals surface area contributed by atoms with Gasteiger partial charge in [0.1, 0.15) is 5.75 Å². The minimum absolute atomic E-state index is 0.00685. The number of rotatable bonds is 7. The number of sulfonamides is 1. The number of amides is 1. The lowest BCUT2D eigenvalue weighted by Gasteiger charge is -2.19. The summed E-state index contributed by atoms with van der Waals surface area (Å²) in [5.74, 6) is 0.318. The van der Waals surface area contributed by atoms with Crippen LogP contribution in [0.4, 0.5) is 5.69 Å². The molecule has 2 atom stereocenters. The van der Waals surface area contributed by atoms with Gasteiger partial charge in [-0.1, -0.05) is 6.07 Å². The Balaban J connectivity index is 1.74. The van der Waals surface area contributed by atoms with E-state index in [4.69, 9.17) is 9.47 Å². The van der Waals surface area contributed by atoms with E-state index in [1.807, 2.05) is 0 Å². The molecule has 0 bridgehead atoms. The van der Waals surface area contributed by atoms with Gasteiger partial charge in [-0.25, -0.2) is 8.42 Å². The lowest BCUT2D eigenvalue weighted by Crippen LogP contribution is -2.40. The first-order valence-corrected chi connectivity index (χ1v) is 10.5. The third kappa shape index (κ3) is 4.63. The van der Waals surface area contributed by atoms with Gasteiger partial charge in [0.2, 0.25) is 0 Å². The van der Waals surface area contributed by atoms with Crippen molar-refractivity contribution >= 4 is 21.6 Å². The van der Waals surface area contributed by atoms with Gasteiger partial charge in [-0.3, -0.25) is 9.52 Å². The van der Waals surface area contributed by atoms with Crippen molar-refractivity contribution in [2.45, 2.75) is 36.3 Å². The molecule has 1 aliphatic rings. The predicted octanol–water partition coefficient (Wildman–Crippen LogP) is 2.79. The van der Waals surface area contributed by atoms with Crippen LogP contribution in [0.3, 0.4) is 0 Å². The number of methoxy groups -OCH3 is 2. The summed E-state index contributed by atoms with van der Waals surface area (Å²) in [6, 6.07) is 12.5. The Bertz CT molecular complexity index is 928. The van der Waals surface area contributed by atoms with E-state index >= 15 is 0 Å². The summed E-state index contributed by atoms with van der Waals surface area (Å²) >= 11 is 0. The van der Waals surface area contributed by atoms with Crippen LogP contribution >= 0.6 is 0 Å². The predicted molar refractivity (Wildman–Crippen MR) is 106 cm³/mol. The number of carbonyl (C=O) groups excluding carboxylic acids is 1. The Morgan fingerprint density at radius 2 is 1.82 bits per heavy atom. The van der Waals surface area contributed by atoms with Crippen LogP contribution < -0.4 is 14.8 Å². The quantitative estimate of drug-likeness (QED) is 0.740. The largest absolute Gasteiger partial charge is 0.497 e. The first-order valence-electron chi connectivity index (χ1n) is 9.03. The minimum Gasteiger partial charge on any atom is -0.497 e. The molecule has 0 radical (unpaired) electrons. The molecule has 0 aromatic heterocycles. The highest BCUT2D eigenvalue weighted by molar-refractivity contribution is 7.92. The first kappa shape index (κ1) is 20.2. The molecular formula is C20H24N2O5S. The maximum Gasteiger partial charge on any atom is 0.261 e. The Labute approximate surface area is 165 Å². The molecule has 0 spiro atoms. The molecule has 0 saturated heterocycles. The van der Waals surface area contributed by atoms with Gasteiger partial charge >= 0.3 is 0 Å². The van der Waals surface area contributed by atoms with E-state index in [1.54, 1.807) is 43.5 Å². The van der Waals surface area contributed by atoms with Crippen molar-refractivity contribution in [3.8, 4) is 5.75 Å². The Hall–Kier alpha value is -2.58. The fourth-order valence-corrected chi connectivity index (χ4v) is 4.41. The van der Waals surface area contributed by atoms with Crippen molar-refractivity contribution in [1.82, 2.24) is 5.32 Å². The van der Waals surface area contributed by atoms with Crippen LogP contribution in [-0.4, -0.2) is 40.7 Å². The molecule has 0 aliphatic heterocycles. The second kappa shape index (κ2) is 8.62. The van der Waals surface area contributed by atoms with Gasteiger partial charge < -0.3 is 14.8 Å². The standard InChI is InChI=1S/C20H24N2O5S/c1-26-16-11-9-15(10-12-16)22-28(24,25)17-6-3-5-14(13-17)20(23)21-18-7-4-8-19(18)27-2/h3,5-6,9-13,18-19,22H,4,7-8H2,1-2H3,(H,21,23)/t18-,19+/m1/s1. The van der Waals surface area contributed by atoms with E-state index in [1.165, 1.54) is 19.2 Å². The first-order chi connectivity index (χ1) is 13.4. The molecule has 8 heteroatoms. The normalized spacial score (nSPS) is 19.2. The van der Waals surface area contributed by atoms with Crippen molar-refractivity contribution < 1.29 is 22.7 Å². The molecule has 1 saturated carbocycles. The number of hydrogen-bond acceptors (Lipinski definition) is 5. The highest BCUT2D eigenvalue weighted by Gasteiger charge is 2.29. The molecule has 1 aliphatic carbocycles. The maximum atomic E-state index is 12.7. The third-order valence-electron chi connectivity index (χ3n) is 4.82. The third-order valence-corrected chi connectivity index (χ3v) is 6.20. The SMILES string of the molecule is COc1ccc(NS(=O)(=O)c2cccc(C(=O)N[C@@H]3CCC[C@@H]3OC)c2)cc1. The van der Waals surface area contributed by atoms with Gasteiger partial charge in [0.25, 0.3) is 15.9 Å². The van der Waals surface area contributed by atoms with Crippen LogP contribution in [0.15, 0.2) is 53.4 Å². The summed E-state index contributed by atoms with van der Waals surface area (Å²) in [6.07, 6.45) is 2.74. The number of carbonyl (C=O) groups is 1. The molecule has 0 unspecified atom stereocenters. The summed E-state index contributed by atoms with van der Waals surface area (Å²) in [6.45, 7) is 0. The van der Waals surface area contributed by atoms with E-state index in [0.717, 1.165) is 19.3 Å². The molecular weight excluding hydrogens is 380 g/mol. The molecule has 7 nitrogen and oxygen atoms in total. The van der Waals surface area contributed by atoms with Crippen molar-refractivity contribution in [3.05, 3.63) is 54.1 Å². The van der Waals surface area contributed by atoms with E-state index in [0.29, 0.717) is 17.0 Å². The topological polar surface area (TPSA) is 93.7 Å². The van der Waals surface area contributed by atoms with Crippen LogP contribution in [0.5, 0.6) is 5.75 Å². The zero-order valence-corrected chi connectivity index (χ0v) is 16.7. The van der Waals surface area contributed by atoms with Gasteiger partial charge in [-0.2, -0.15) is 0 Å². The Kier molecular flexibility index (Phi) is 6.21. The Morgan fingerprint density at radius 3 is 2.50 bits per heavy atom. The summed E-state index contributed by atoms with van der Waals surface area (Å²) < 4.78 is 38.3. The van der Waals surface area contributed by atoms with Crippen molar-refractivity contribution in [1.29, 1.82) is 0 Å². The van der Waals surface area contributed by atoms with Crippen molar-refractivity contribution in [3.63, 3.8) is 0 Å². The minimum atomic E-state index is -3.83. The van der Waals surface area contributed by atoms with Gasteiger partial charge in [-0.15, -0.1) is 0 Å². The number of benzene rings is 2. The van der Waals surface area contributed by atoms with Crippen molar-refractivity contribution in [2.75, 3.05) is 18.9 Å². The number of nitrogens with one attached hydrogen (secondary N) is 2. The fourth-order valence-electron chi connectivity index (χ4n) is 3.30. The van der Waals surface area contributed by atoms with Gasteiger partial charge in [-0.05, 0) is 61.7 Å². The van der Waals surface area contributed by atoms with Crippen LogP contribution in [0, 0.1) is 0 Å². The lowest BCUT2D eigenvalue weighted by molar-refractivity contribution is 0.0722. The van der Waals surface area contributed by atoms with Crippen molar-refractivity contribution in [2.24, 2.45) is 0 Å². The van der Waals surface area contributed by atoms with E-state index in [9.17, 15) is 13.2 Å². The average Bonchev–Trinajstić information content (AvgIpc) is 3.15. The van der Waals surface area contributed by atoms with E-state index < -0.39 is 10.0 Å². The van der Waals surface area contributed by atoms with E-state index in [-0.39, 0.29) is 22.9 Å². The molecule has 1 fully saturated rings. The lowest BCUT2D eigenvalue weighted by atomic mass is 10.1. The van der Waals surface area contributed by atoms with Crippen LogP contribution in [0.25, 0.3) is 0 Å². The number of ether oxygens (including phenoxy) is 2. The second-order valence-corrected chi connectivity index (χ2v) is 8.33. The number of hydrogen-bond donors (Lipinski definition) is 2. The summed E-state index contributed by atoms with van der Waals surface area (Å²) in [5, 5.41) is 2.94. The molecule has 150 valence electrons. The molecule has 3 rings (SSSR count). The fraction of sp³-hybridized carbons (Fsp3) is 0.350. The Morgan fingerprint density at radius 1 is 1.07 bits per heavy atom. The number of anilines is 1. The van der Waals surface area contributed by atoms with Crippen LogP contribution in [0.1, 0.15) is 29.6 Å². The molecule has 2 aromatic rings. The maximum absolute atomic E-state index is 12.7. The smallest absolute Gasteiger partial charge is 0.261 e. The van der Waals surface area contributed by atoms with Gasteiger partial charge in [0.05, 0.1) is 24.2 Å². The van der Waals surface area contributed by atoms with Crippen LogP contribution in [-0.2, 0) is 14.8 Å². The molecule has 2 N–H and O–H groups in total. The average molecular weight is 404 g/mol. The molecule has 1 amide bonds. The summed E-state index contributed by atoms with van der Waals surface area (Å²) in [7, 11) is -0.657. The highest BCUT2D eigenvalue weighted by atomic mass is 32.2. The zero-order chi connectivity index (χ0) is 20.1. The van der Waals surface area contributed by atoms with Gasteiger partial charge in [0.15, 0.2) is 0 Å². The van der Waals surface area contributed by atoms with Crippen LogP contribution in [0.2, 0.25) is 0 Å². The second-order valence-electron chi connectivity index (χ2n) is 6.65.